The van der Waals surface area contributed by atoms with Crippen molar-refractivity contribution in [3.8, 4) is 11.3 Å². The molecule has 0 aliphatic carbocycles. The summed E-state index contributed by atoms with van der Waals surface area (Å²) in [5.74, 6) is 0.791. The van der Waals surface area contributed by atoms with Crippen LogP contribution in [0.3, 0.4) is 0 Å². The Morgan fingerprint density at radius 2 is 1.89 bits per heavy atom. The van der Waals surface area contributed by atoms with Crippen molar-refractivity contribution in [1.82, 2.24) is 4.90 Å². The lowest BCUT2D eigenvalue weighted by Gasteiger charge is -2.12. The van der Waals surface area contributed by atoms with Crippen LogP contribution in [0.25, 0.3) is 17.4 Å². The minimum atomic E-state index is -0.313. The van der Waals surface area contributed by atoms with Crippen LogP contribution in [-0.4, -0.2) is 16.0 Å². The molecule has 2 amide bonds. The Labute approximate surface area is 171 Å². The van der Waals surface area contributed by atoms with Crippen molar-refractivity contribution in [3.05, 3.63) is 87.5 Å². The Morgan fingerprint density at radius 1 is 1.07 bits per heavy atom. The average Bonchev–Trinajstić information content (AvgIpc) is 3.23. The zero-order valence-electron chi connectivity index (χ0n) is 15.0. The molecular weight excluding hydrogens is 394 g/mol. The lowest BCUT2D eigenvalue weighted by Crippen LogP contribution is -2.27. The number of furan rings is 1. The molecule has 0 radical (unpaired) electrons. The van der Waals surface area contributed by atoms with Crippen LogP contribution in [0.15, 0.2) is 70.0 Å². The van der Waals surface area contributed by atoms with Gasteiger partial charge in [0.1, 0.15) is 11.5 Å². The molecule has 6 heteroatoms. The predicted molar refractivity (Wildman–Crippen MR) is 112 cm³/mol. The fourth-order valence-electron chi connectivity index (χ4n) is 2.99. The van der Waals surface area contributed by atoms with Crippen molar-refractivity contribution < 1.29 is 14.0 Å². The van der Waals surface area contributed by atoms with Crippen LogP contribution in [0.5, 0.6) is 0 Å². The Balaban J connectivity index is 1.55. The van der Waals surface area contributed by atoms with Gasteiger partial charge in [-0.15, -0.1) is 0 Å². The molecular formula is C22H16ClNO3S. The summed E-state index contributed by atoms with van der Waals surface area (Å²) in [5.41, 5.74) is 2.78. The molecule has 1 saturated heterocycles. The molecule has 4 rings (SSSR count). The molecule has 1 fully saturated rings. The normalized spacial score (nSPS) is 15.6. The second-order valence-corrected chi connectivity index (χ2v) is 7.84. The van der Waals surface area contributed by atoms with E-state index in [4.69, 9.17) is 16.0 Å². The number of carbonyl (C=O) groups excluding carboxylic acids is 2. The molecule has 0 bridgehead atoms. The van der Waals surface area contributed by atoms with Gasteiger partial charge in [-0.25, -0.2) is 0 Å². The van der Waals surface area contributed by atoms with Crippen LogP contribution in [0.2, 0.25) is 5.02 Å². The number of imide groups is 1. The van der Waals surface area contributed by atoms with Gasteiger partial charge in [-0.3, -0.25) is 14.5 Å². The minimum Gasteiger partial charge on any atom is -0.457 e. The fraction of sp³-hybridized carbons (Fsp3) is 0.0909. The second kappa shape index (κ2) is 7.70. The van der Waals surface area contributed by atoms with Crippen molar-refractivity contribution in [3.63, 3.8) is 0 Å². The highest BCUT2D eigenvalue weighted by atomic mass is 35.5. The average molecular weight is 410 g/mol. The van der Waals surface area contributed by atoms with Gasteiger partial charge < -0.3 is 4.42 Å². The predicted octanol–water partition coefficient (Wildman–Crippen LogP) is 6.14. The lowest BCUT2D eigenvalue weighted by molar-refractivity contribution is -0.123. The molecule has 0 atom stereocenters. The van der Waals surface area contributed by atoms with Gasteiger partial charge in [-0.2, -0.15) is 0 Å². The number of carbonyl (C=O) groups is 2. The standard InChI is InChI=1S/C22H16ClNO3S/c1-14-5-4-6-15(11-14)13-24-21(25)20(28-22(24)26)12-16-9-10-19(27-16)17-7-2-3-8-18(17)23/h2-12H,13H2,1H3/b20-12-. The summed E-state index contributed by atoms with van der Waals surface area (Å²) in [6, 6.07) is 18.7. The van der Waals surface area contributed by atoms with Gasteiger partial charge in [-0.1, -0.05) is 53.6 Å². The van der Waals surface area contributed by atoms with Gasteiger partial charge in [0.05, 0.1) is 16.5 Å². The van der Waals surface area contributed by atoms with E-state index in [-0.39, 0.29) is 17.7 Å². The topological polar surface area (TPSA) is 50.5 Å². The fourth-order valence-corrected chi connectivity index (χ4v) is 4.04. The van der Waals surface area contributed by atoms with Crippen molar-refractivity contribution in [1.29, 1.82) is 0 Å². The summed E-state index contributed by atoms with van der Waals surface area (Å²) in [7, 11) is 0. The molecule has 0 spiro atoms. The maximum atomic E-state index is 12.7. The molecule has 3 aromatic rings. The van der Waals surface area contributed by atoms with Crippen LogP contribution in [0.1, 0.15) is 16.9 Å². The van der Waals surface area contributed by atoms with Gasteiger partial charge in [-0.05, 0) is 48.5 Å². The number of thioether (sulfide) groups is 1. The highest BCUT2D eigenvalue weighted by Gasteiger charge is 2.35. The number of amides is 2. The number of hydrogen-bond acceptors (Lipinski definition) is 4. The number of rotatable bonds is 4. The Hall–Kier alpha value is -2.76. The summed E-state index contributed by atoms with van der Waals surface area (Å²) in [6.07, 6.45) is 1.60. The van der Waals surface area contributed by atoms with Gasteiger partial charge in [0, 0.05) is 11.6 Å². The van der Waals surface area contributed by atoms with E-state index < -0.39 is 0 Å². The molecule has 0 unspecified atom stereocenters. The minimum absolute atomic E-state index is 0.257. The monoisotopic (exact) mass is 409 g/mol. The number of hydrogen-bond donors (Lipinski definition) is 0. The van der Waals surface area contributed by atoms with Crippen molar-refractivity contribution in [2.75, 3.05) is 0 Å². The van der Waals surface area contributed by atoms with E-state index in [9.17, 15) is 9.59 Å². The number of aryl methyl sites for hydroxylation is 1. The molecule has 0 saturated carbocycles. The van der Waals surface area contributed by atoms with Gasteiger partial charge in [0.25, 0.3) is 11.1 Å². The van der Waals surface area contributed by atoms with Crippen LogP contribution >= 0.6 is 23.4 Å². The Kier molecular flexibility index (Phi) is 5.11. The van der Waals surface area contributed by atoms with E-state index in [1.165, 1.54) is 4.90 Å². The van der Waals surface area contributed by atoms with Crippen molar-refractivity contribution >= 4 is 40.6 Å². The SMILES string of the molecule is Cc1cccc(CN2C(=O)S/C(=C\c3ccc(-c4ccccc4Cl)o3)C2=O)c1. The summed E-state index contributed by atoms with van der Waals surface area (Å²) in [4.78, 5) is 26.6. The van der Waals surface area contributed by atoms with E-state index >= 15 is 0 Å². The van der Waals surface area contributed by atoms with E-state index in [0.29, 0.717) is 21.4 Å². The summed E-state index contributed by atoms with van der Waals surface area (Å²) in [6.45, 7) is 2.23. The zero-order valence-corrected chi connectivity index (χ0v) is 16.6. The third kappa shape index (κ3) is 3.77. The van der Waals surface area contributed by atoms with E-state index in [1.54, 1.807) is 24.3 Å². The molecule has 0 N–H and O–H groups in total. The van der Waals surface area contributed by atoms with E-state index in [0.717, 1.165) is 28.5 Å². The highest BCUT2D eigenvalue weighted by Crippen LogP contribution is 2.35. The molecule has 2 aromatic carbocycles. The van der Waals surface area contributed by atoms with Crippen LogP contribution in [-0.2, 0) is 11.3 Å². The van der Waals surface area contributed by atoms with E-state index in [2.05, 4.69) is 0 Å². The maximum Gasteiger partial charge on any atom is 0.293 e. The first-order valence-corrected chi connectivity index (χ1v) is 9.86. The van der Waals surface area contributed by atoms with E-state index in [1.807, 2.05) is 49.4 Å². The van der Waals surface area contributed by atoms with Crippen molar-refractivity contribution in [2.45, 2.75) is 13.5 Å². The zero-order chi connectivity index (χ0) is 19.7. The number of nitrogens with zero attached hydrogens (tertiary/aromatic N) is 1. The highest BCUT2D eigenvalue weighted by molar-refractivity contribution is 8.18. The Morgan fingerprint density at radius 3 is 2.68 bits per heavy atom. The van der Waals surface area contributed by atoms with Crippen LogP contribution < -0.4 is 0 Å². The van der Waals surface area contributed by atoms with Gasteiger partial charge in [0.15, 0.2) is 0 Å². The lowest BCUT2D eigenvalue weighted by atomic mass is 10.1. The molecule has 140 valence electrons. The smallest absolute Gasteiger partial charge is 0.293 e. The third-order valence-electron chi connectivity index (χ3n) is 4.34. The second-order valence-electron chi connectivity index (χ2n) is 6.44. The molecule has 4 nitrogen and oxygen atoms in total. The summed E-state index contributed by atoms with van der Waals surface area (Å²) in [5, 5.41) is 0.303. The molecule has 1 aromatic heterocycles. The molecule has 1 aliphatic rings. The van der Waals surface area contributed by atoms with Gasteiger partial charge in [0.2, 0.25) is 0 Å². The molecule has 2 heterocycles. The molecule has 1 aliphatic heterocycles. The van der Waals surface area contributed by atoms with Crippen LogP contribution in [0, 0.1) is 6.92 Å². The molecule has 28 heavy (non-hydrogen) atoms. The number of halogens is 1. The Bertz CT molecular complexity index is 1100. The summed E-state index contributed by atoms with van der Waals surface area (Å²) < 4.78 is 5.81. The first-order valence-electron chi connectivity index (χ1n) is 8.67. The van der Waals surface area contributed by atoms with Crippen molar-refractivity contribution in [2.24, 2.45) is 0 Å². The first-order chi connectivity index (χ1) is 13.5. The third-order valence-corrected chi connectivity index (χ3v) is 5.57. The summed E-state index contributed by atoms with van der Waals surface area (Å²) >= 11 is 7.12. The number of benzene rings is 2. The maximum absolute atomic E-state index is 12.7. The quantitative estimate of drug-likeness (QED) is 0.485. The van der Waals surface area contributed by atoms with Gasteiger partial charge >= 0.3 is 0 Å². The van der Waals surface area contributed by atoms with Crippen LogP contribution in [0.4, 0.5) is 4.79 Å². The largest absolute Gasteiger partial charge is 0.457 e. The first kappa shape index (κ1) is 18.6.